The summed E-state index contributed by atoms with van der Waals surface area (Å²) in [6, 6.07) is 10.2. The van der Waals surface area contributed by atoms with Gasteiger partial charge < -0.3 is 10.5 Å². The van der Waals surface area contributed by atoms with Crippen molar-refractivity contribution in [3.8, 4) is 11.4 Å². The van der Waals surface area contributed by atoms with Crippen LogP contribution in [0, 0.1) is 12.7 Å². The van der Waals surface area contributed by atoms with Crippen molar-refractivity contribution in [2.24, 2.45) is 0 Å². The number of nitrogen functional groups attached to an aromatic ring is 1. The molecule has 3 rings (SSSR count). The molecule has 3 aromatic rings. The van der Waals surface area contributed by atoms with Crippen LogP contribution >= 0.6 is 0 Å². The highest BCUT2D eigenvalue weighted by Gasteiger charge is 2.11. The summed E-state index contributed by atoms with van der Waals surface area (Å²) >= 11 is 0. The Morgan fingerprint density at radius 1 is 1.20 bits per heavy atom. The largest absolute Gasteiger partial charge is 0.496 e. The molecule has 0 saturated carbocycles. The molecule has 102 valence electrons. The number of nitrogens with zero attached hydrogens (tertiary/aromatic N) is 2. The van der Waals surface area contributed by atoms with E-state index >= 15 is 0 Å². The number of hydrogen-bond donors (Lipinski definition) is 1. The summed E-state index contributed by atoms with van der Waals surface area (Å²) < 4.78 is 20.3. The van der Waals surface area contributed by atoms with Crippen LogP contribution in [0.15, 0.2) is 36.4 Å². The van der Waals surface area contributed by atoms with E-state index in [4.69, 9.17) is 10.5 Å². The predicted octanol–water partition coefficient (Wildman–Crippen LogP) is 3.06. The van der Waals surface area contributed by atoms with Gasteiger partial charge in [0, 0.05) is 11.8 Å². The second-order valence-corrected chi connectivity index (χ2v) is 4.59. The molecule has 0 atom stereocenters. The Hall–Kier alpha value is -2.56. The fourth-order valence-electron chi connectivity index (χ4n) is 2.35. The topological polar surface area (TPSA) is 53.1 Å². The maximum absolute atomic E-state index is 13.2. The molecular weight excluding hydrogens is 257 g/mol. The summed E-state index contributed by atoms with van der Waals surface area (Å²) in [7, 11) is 1.63. The number of imidazole rings is 1. The lowest BCUT2D eigenvalue weighted by Crippen LogP contribution is -2.01. The van der Waals surface area contributed by atoms with Gasteiger partial charge in [-0.2, -0.15) is 0 Å². The summed E-state index contributed by atoms with van der Waals surface area (Å²) in [6.45, 7) is 1.96. The molecule has 20 heavy (non-hydrogen) atoms. The number of ether oxygens (including phenoxy) is 1. The van der Waals surface area contributed by atoms with E-state index in [-0.39, 0.29) is 5.82 Å². The van der Waals surface area contributed by atoms with Crippen molar-refractivity contribution in [2.75, 3.05) is 12.8 Å². The summed E-state index contributed by atoms with van der Waals surface area (Å²) in [6.07, 6.45) is 0. The molecule has 0 aliphatic rings. The lowest BCUT2D eigenvalue weighted by molar-refractivity contribution is 0.411. The SMILES string of the molecule is COc1ccc(-n2c(N)nc3cc(F)ccc32)cc1C. The molecule has 0 fully saturated rings. The van der Waals surface area contributed by atoms with Crippen LogP contribution in [0.4, 0.5) is 10.3 Å². The molecule has 0 saturated heterocycles. The first-order chi connectivity index (χ1) is 9.60. The molecule has 2 N–H and O–H groups in total. The average molecular weight is 271 g/mol. The average Bonchev–Trinajstić information content (AvgIpc) is 2.73. The van der Waals surface area contributed by atoms with E-state index in [0.29, 0.717) is 11.5 Å². The summed E-state index contributed by atoms with van der Waals surface area (Å²) in [5, 5.41) is 0. The zero-order valence-corrected chi connectivity index (χ0v) is 11.2. The van der Waals surface area contributed by atoms with E-state index in [1.165, 1.54) is 12.1 Å². The zero-order valence-electron chi connectivity index (χ0n) is 11.2. The van der Waals surface area contributed by atoms with Crippen molar-refractivity contribution in [1.29, 1.82) is 0 Å². The molecule has 0 aliphatic carbocycles. The van der Waals surface area contributed by atoms with Gasteiger partial charge in [0.2, 0.25) is 5.95 Å². The number of methoxy groups -OCH3 is 1. The molecule has 1 aromatic heterocycles. The lowest BCUT2D eigenvalue weighted by atomic mass is 10.2. The quantitative estimate of drug-likeness (QED) is 0.779. The van der Waals surface area contributed by atoms with Crippen LogP contribution in [0.3, 0.4) is 0 Å². The van der Waals surface area contributed by atoms with Crippen LogP contribution < -0.4 is 10.5 Å². The third-order valence-electron chi connectivity index (χ3n) is 3.28. The Balaban J connectivity index is 2.23. The Bertz CT molecular complexity index is 795. The number of fused-ring (bicyclic) bond motifs is 1. The van der Waals surface area contributed by atoms with Crippen LogP contribution in [0.25, 0.3) is 16.7 Å². The van der Waals surface area contributed by atoms with Gasteiger partial charge in [0.15, 0.2) is 0 Å². The first-order valence-corrected chi connectivity index (χ1v) is 6.18. The Kier molecular flexibility index (Phi) is 2.82. The Morgan fingerprint density at radius 3 is 2.70 bits per heavy atom. The maximum Gasteiger partial charge on any atom is 0.205 e. The van der Waals surface area contributed by atoms with Crippen LogP contribution in [0.2, 0.25) is 0 Å². The molecule has 0 amide bonds. The minimum absolute atomic E-state index is 0.326. The van der Waals surface area contributed by atoms with E-state index in [1.807, 2.05) is 25.1 Å². The first-order valence-electron chi connectivity index (χ1n) is 6.18. The summed E-state index contributed by atoms with van der Waals surface area (Å²) in [5.41, 5.74) is 9.13. The Labute approximate surface area is 115 Å². The van der Waals surface area contributed by atoms with Gasteiger partial charge in [0.05, 0.1) is 18.1 Å². The highest BCUT2D eigenvalue weighted by atomic mass is 19.1. The van der Waals surface area contributed by atoms with Gasteiger partial charge in [-0.1, -0.05) is 0 Å². The van der Waals surface area contributed by atoms with E-state index in [1.54, 1.807) is 17.7 Å². The predicted molar refractivity (Wildman–Crippen MR) is 76.7 cm³/mol. The van der Waals surface area contributed by atoms with Gasteiger partial charge in [-0.3, -0.25) is 4.57 Å². The standard InChI is InChI=1S/C15H14FN3O/c1-9-7-11(4-6-14(9)20-2)19-13-5-3-10(16)8-12(13)18-15(19)17/h3-8H,1-2H3,(H2,17,18). The summed E-state index contributed by atoms with van der Waals surface area (Å²) in [5.74, 6) is 0.811. The monoisotopic (exact) mass is 271 g/mol. The highest BCUT2D eigenvalue weighted by molar-refractivity contribution is 5.81. The van der Waals surface area contributed by atoms with Gasteiger partial charge in [0.25, 0.3) is 0 Å². The molecule has 0 unspecified atom stereocenters. The van der Waals surface area contributed by atoms with Crippen molar-refractivity contribution in [1.82, 2.24) is 9.55 Å². The first kappa shape index (κ1) is 12.5. The highest BCUT2D eigenvalue weighted by Crippen LogP contribution is 2.27. The second kappa shape index (κ2) is 4.52. The molecule has 5 heteroatoms. The van der Waals surface area contributed by atoms with Gasteiger partial charge >= 0.3 is 0 Å². The number of hydrogen-bond acceptors (Lipinski definition) is 3. The van der Waals surface area contributed by atoms with E-state index in [0.717, 1.165) is 22.5 Å². The van der Waals surface area contributed by atoms with Gasteiger partial charge in [-0.15, -0.1) is 0 Å². The van der Waals surface area contributed by atoms with Crippen molar-refractivity contribution in [3.63, 3.8) is 0 Å². The van der Waals surface area contributed by atoms with Crippen molar-refractivity contribution < 1.29 is 9.13 Å². The fourth-order valence-corrected chi connectivity index (χ4v) is 2.35. The molecular formula is C15H14FN3O. The number of benzene rings is 2. The minimum Gasteiger partial charge on any atom is -0.496 e. The third-order valence-corrected chi connectivity index (χ3v) is 3.28. The minimum atomic E-state index is -0.326. The van der Waals surface area contributed by atoms with Crippen LogP contribution in [-0.2, 0) is 0 Å². The number of anilines is 1. The molecule has 0 bridgehead atoms. The number of rotatable bonds is 2. The molecule has 4 nitrogen and oxygen atoms in total. The van der Waals surface area contributed by atoms with Crippen molar-refractivity contribution in [3.05, 3.63) is 47.8 Å². The second-order valence-electron chi connectivity index (χ2n) is 4.59. The van der Waals surface area contributed by atoms with Crippen LogP contribution in [0.1, 0.15) is 5.56 Å². The number of nitrogens with two attached hydrogens (primary N) is 1. The smallest absolute Gasteiger partial charge is 0.205 e. The molecule has 1 heterocycles. The summed E-state index contributed by atoms with van der Waals surface area (Å²) in [4.78, 5) is 4.19. The third kappa shape index (κ3) is 1.87. The lowest BCUT2D eigenvalue weighted by Gasteiger charge is -2.10. The normalized spacial score (nSPS) is 10.9. The zero-order chi connectivity index (χ0) is 14.3. The van der Waals surface area contributed by atoms with E-state index < -0.39 is 0 Å². The van der Waals surface area contributed by atoms with Crippen LogP contribution in [0.5, 0.6) is 5.75 Å². The number of halogens is 1. The maximum atomic E-state index is 13.2. The van der Waals surface area contributed by atoms with Gasteiger partial charge in [-0.25, -0.2) is 9.37 Å². The molecule has 0 radical (unpaired) electrons. The number of aromatic nitrogens is 2. The number of aryl methyl sites for hydroxylation is 1. The molecule has 0 spiro atoms. The van der Waals surface area contributed by atoms with Crippen molar-refractivity contribution in [2.45, 2.75) is 6.92 Å². The van der Waals surface area contributed by atoms with Crippen molar-refractivity contribution >= 4 is 17.0 Å². The van der Waals surface area contributed by atoms with Gasteiger partial charge in [-0.05, 0) is 42.8 Å². The van der Waals surface area contributed by atoms with E-state index in [2.05, 4.69) is 4.98 Å². The molecule has 2 aromatic carbocycles. The van der Waals surface area contributed by atoms with Crippen LogP contribution in [-0.4, -0.2) is 16.7 Å². The van der Waals surface area contributed by atoms with Gasteiger partial charge in [0.1, 0.15) is 11.6 Å². The Morgan fingerprint density at radius 2 is 2.00 bits per heavy atom. The van der Waals surface area contributed by atoms with E-state index in [9.17, 15) is 4.39 Å². The molecule has 0 aliphatic heterocycles. The fraction of sp³-hybridized carbons (Fsp3) is 0.133.